The highest BCUT2D eigenvalue weighted by atomic mass is 16.6. The van der Waals surface area contributed by atoms with Crippen molar-refractivity contribution < 1.29 is 23.9 Å². The van der Waals surface area contributed by atoms with Crippen LogP contribution in [-0.4, -0.2) is 17.9 Å². The Morgan fingerprint density at radius 3 is 2.04 bits per heavy atom. The van der Waals surface area contributed by atoms with Gasteiger partial charge in [-0.25, -0.2) is 0 Å². The lowest BCUT2D eigenvalue weighted by atomic mass is 10.0. The normalized spacial score (nSPS) is 10.3. The van der Waals surface area contributed by atoms with Gasteiger partial charge in [-0.15, -0.1) is 0 Å². The number of ether oxygens (including phenoxy) is 2. The molecule has 5 heteroatoms. The first kappa shape index (κ1) is 20.9. The maximum Gasteiger partial charge on any atom is 0.324 e. The molecule has 0 aromatic heterocycles. The summed E-state index contributed by atoms with van der Waals surface area (Å²) in [5, 5.41) is 0. The molecular formula is C20H28O5. The molecule has 1 rings (SSSR count). The van der Waals surface area contributed by atoms with Gasteiger partial charge >= 0.3 is 17.9 Å². The third-order valence-corrected chi connectivity index (χ3v) is 3.77. The van der Waals surface area contributed by atoms with Gasteiger partial charge in [0.15, 0.2) is 0 Å². The van der Waals surface area contributed by atoms with Crippen LogP contribution < -0.4 is 4.74 Å². The molecule has 0 aliphatic heterocycles. The number of carbonyl (C=O) groups is 3. The fraction of sp³-hybridized carbons (Fsp3) is 0.550. The number of hydrogen-bond acceptors (Lipinski definition) is 5. The van der Waals surface area contributed by atoms with E-state index in [1.54, 1.807) is 12.1 Å². The summed E-state index contributed by atoms with van der Waals surface area (Å²) in [5.41, 5.74) is 1.20. The topological polar surface area (TPSA) is 69.7 Å². The number of esters is 3. The first-order valence-electron chi connectivity index (χ1n) is 9.02. The second kappa shape index (κ2) is 12.2. The van der Waals surface area contributed by atoms with E-state index in [9.17, 15) is 14.4 Å². The van der Waals surface area contributed by atoms with Crippen LogP contribution in [0.15, 0.2) is 24.3 Å². The van der Waals surface area contributed by atoms with Crippen molar-refractivity contribution in [3.05, 3.63) is 29.8 Å². The smallest absolute Gasteiger partial charge is 0.324 e. The van der Waals surface area contributed by atoms with Crippen molar-refractivity contribution in [2.24, 2.45) is 0 Å². The third kappa shape index (κ3) is 10.3. The number of aryl methyl sites for hydroxylation is 1. The molecule has 0 atom stereocenters. The number of hydrogen-bond donors (Lipinski definition) is 0. The van der Waals surface area contributed by atoms with Crippen LogP contribution in [0.5, 0.6) is 5.75 Å². The monoisotopic (exact) mass is 348 g/mol. The Morgan fingerprint density at radius 2 is 1.44 bits per heavy atom. The standard InChI is InChI=1S/C20H28O5/c1-3-4-5-6-7-8-9-10-17-11-13-18(14-12-17)25-20(23)15-19(22)24-16(2)21/h11-14H,3-10,15H2,1-2H3. The molecule has 0 amide bonds. The molecule has 1 aromatic rings. The van der Waals surface area contributed by atoms with Gasteiger partial charge in [-0.3, -0.25) is 14.4 Å². The Balaban J connectivity index is 2.25. The third-order valence-electron chi connectivity index (χ3n) is 3.77. The van der Waals surface area contributed by atoms with Crippen LogP contribution in [0.4, 0.5) is 0 Å². The molecule has 138 valence electrons. The van der Waals surface area contributed by atoms with E-state index in [0.29, 0.717) is 5.75 Å². The van der Waals surface area contributed by atoms with Gasteiger partial charge in [0, 0.05) is 6.92 Å². The van der Waals surface area contributed by atoms with Crippen LogP contribution in [-0.2, 0) is 25.5 Å². The first-order valence-corrected chi connectivity index (χ1v) is 9.02. The molecule has 0 bridgehead atoms. The van der Waals surface area contributed by atoms with Gasteiger partial charge in [-0.2, -0.15) is 0 Å². The fourth-order valence-corrected chi connectivity index (χ4v) is 2.49. The van der Waals surface area contributed by atoms with E-state index in [0.717, 1.165) is 19.8 Å². The van der Waals surface area contributed by atoms with Gasteiger partial charge in [0.1, 0.15) is 12.2 Å². The number of unbranched alkanes of at least 4 members (excludes halogenated alkanes) is 6. The summed E-state index contributed by atoms with van der Waals surface area (Å²) in [7, 11) is 0. The van der Waals surface area contributed by atoms with Crippen molar-refractivity contribution in [3.8, 4) is 5.75 Å². The quantitative estimate of drug-likeness (QED) is 0.257. The van der Waals surface area contributed by atoms with Crippen molar-refractivity contribution in [1.29, 1.82) is 0 Å². The first-order chi connectivity index (χ1) is 12.0. The lowest BCUT2D eigenvalue weighted by Crippen LogP contribution is -2.17. The van der Waals surface area contributed by atoms with Crippen molar-refractivity contribution in [1.82, 2.24) is 0 Å². The molecule has 0 unspecified atom stereocenters. The number of rotatable bonds is 11. The number of benzene rings is 1. The summed E-state index contributed by atoms with van der Waals surface area (Å²) >= 11 is 0. The van der Waals surface area contributed by atoms with Crippen LogP contribution >= 0.6 is 0 Å². The van der Waals surface area contributed by atoms with Crippen molar-refractivity contribution in [2.45, 2.75) is 71.6 Å². The molecular weight excluding hydrogens is 320 g/mol. The maximum absolute atomic E-state index is 11.6. The molecule has 0 saturated carbocycles. The second-order valence-electron chi connectivity index (χ2n) is 6.13. The Kier molecular flexibility index (Phi) is 10.2. The molecule has 0 heterocycles. The average molecular weight is 348 g/mol. The highest BCUT2D eigenvalue weighted by Crippen LogP contribution is 2.16. The zero-order valence-corrected chi connectivity index (χ0v) is 15.2. The van der Waals surface area contributed by atoms with Crippen LogP contribution in [0.3, 0.4) is 0 Å². The van der Waals surface area contributed by atoms with Crippen molar-refractivity contribution in [2.75, 3.05) is 0 Å². The molecule has 1 aromatic carbocycles. The minimum Gasteiger partial charge on any atom is -0.426 e. The molecule has 5 nitrogen and oxygen atoms in total. The van der Waals surface area contributed by atoms with Gasteiger partial charge in [0.2, 0.25) is 0 Å². The lowest BCUT2D eigenvalue weighted by Gasteiger charge is -2.06. The highest BCUT2D eigenvalue weighted by Gasteiger charge is 2.14. The van der Waals surface area contributed by atoms with Gasteiger partial charge in [0.05, 0.1) is 0 Å². The average Bonchev–Trinajstić information content (AvgIpc) is 2.54. The van der Waals surface area contributed by atoms with Crippen LogP contribution in [0, 0.1) is 0 Å². The molecule has 0 fully saturated rings. The van der Waals surface area contributed by atoms with Crippen molar-refractivity contribution in [3.63, 3.8) is 0 Å². The highest BCUT2D eigenvalue weighted by molar-refractivity contribution is 5.96. The summed E-state index contributed by atoms with van der Waals surface area (Å²) in [5.74, 6) is -2.02. The SMILES string of the molecule is CCCCCCCCCc1ccc(OC(=O)CC(=O)OC(C)=O)cc1. The molecule has 0 N–H and O–H groups in total. The summed E-state index contributed by atoms with van der Waals surface area (Å²) in [6, 6.07) is 7.27. The lowest BCUT2D eigenvalue weighted by molar-refractivity contribution is -0.159. The fourth-order valence-electron chi connectivity index (χ4n) is 2.49. The van der Waals surface area contributed by atoms with Crippen LogP contribution in [0.25, 0.3) is 0 Å². The van der Waals surface area contributed by atoms with E-state index < -0.39 is 24.3 Å². The molecule has 0 aliphatic rings. The predicted octanol–water partition coefficient (Wildman–Crippen LogP) is 4.36. The van der Waals surface area contributed by atoms with Gasteiger partial charge in [-0.1, -0.05) is 57.6 Å². The summed E-state index contributed by atoms with van der Waals surface area (Å²) < 4.78 is 9.34. The van der Waals surface area contributed by atoms with Gasteiger partial charge in [-0.05, 0) is 30.5 Å². The van der Waals surface area contributed by atoms with E-state index in [2.05, 4.69) is 11.7 Å². The van der Waals surface area contributed by atoms with E-state index in [4.69, 9.17) is 4.74 Å². The maximum atomic E-state index is 11.6. The Hall–Kier alpha value is -2.17. The van der Waals surface area contributed by atoms with Crippen molar-refractivity contribution >= 4 is 17.9 Å². The van der Waals surface area contributed by atoms with E-state index in [1.807, 2.05) is 12.1 Å². The van der Waals surface area contributed by atoms with Gasteiger partial charge in [0.25, 0.3) is 0 Å². The minimum absolute atomic E-state index is 0.379. The predicted molar refractivity (Wildman–Crippen MR) is 95.2 cm³/mol. The molecule has 25 heavy (non-hydrogen) atoms. The molecule has 0 aliphatic carbocycles. The Labute approximate surface area is 149 Å². The van der Waals surface area contributed by atoms with E-state index in [1.165, 1.54) is 44.1 Å². The minimum atomic E-state index is -0.909. The van der Waals surface area contributed by atoms with Crippen LogP contribution in [0.1, 0.15) is 70.8 Å². The van der Waals surface area contributed by atoms with Gasteiger partial charge < -0.3 is 9.47 Å². The zero-order valence-electron chi connectivity index (χ0n) is 15.2. The summed E-state index contributed by atoms with van der Waals surface area (Å²) in [6.45, 7) is 3.33. The molecule has 0 radical (unpaired) electrons. The molecule has 0 spiro atoms. The van der Waals surface area contributed by atoms with E-state index in [-0.39, 0.29) is 0 Å². The Morgan fingerprint density at radius 1 is 0.840 bits per heavy atom. The summed E-state index contributed by atoms with van der Waals surface area (Å²) in [4.78, 5) is 33.4. The largest absolute Gasteiger partial charge is 0.426 e. The second-order valence-corrected chi connectivity index (χ2v) is 6.13. The van der Waals surface area contributed by atoms with Crippen LogP contribution in [0.2, 0.25) is 0 Å². The zero-order chi connectivity index (χ0) is 18.5. The Bertz CT molecular complexity index is 548. The summed E-state index contributed by atoms with van der Waals surface area (Å²) in [6.07, 6.45) is 9.34. The molecule has 0 saturated heterocycles. The van der Waals surface area contributed by atoms with E-state index >= 15 is 0 Å². The number of carbonyl (C=O) groups excluding carboxylic acids is 3.